The van der Waals surface area contributed by atoms with Crippen molar-refractivity contribution >= 4 is 0 Å². The smallest absolute Gasteiger partial charge is 0.0470 e. The molecule has 1 aliphatic heterocycles. The number of likely N-dealkylation sites (tertiary alicyclic amines) is 1. The van der Waals surface area contributed by atoms with Gasteiger partial charge in [-0.3, -0.25) is 4.90 Å². The molecule has 0 amide bonds. The summed E-state index contributed by atoms with van der Waals surface area (Å²) in [5.74, 6) is 0. The van der Waals surface area contributed by atoms with Crippen molar-refractivity contribution in [3.63, 3.8) is 0 Å². The average molecular weight is 246 g/mol. The largest absolute Gasteiger partial charge is 0.329 e. The van der Waals surface area contributed by atoms with Gasteiger partial charge in [0.05, 0.1) is 0 Å². The van der Waals surface area contributed by atoms with E-state index < -0.39 is 0 Å². The summed E-state index contributed by atoms with van der Waals surface area (Å²) < 4.78 is 0. The Morgan fingerprint density at radius 1 is 1.22 bits per heavy atom. The van der Waals surface area contributed by atoms with Gasteiger partial charge in [-0.25, -0.2) is 0 Å². The lowest BCUT2D eigenvalue weighted by Crippen LogP contribution is -2.34. The Morgan fingerprint density at radius 2 is 1.89 bits per heavy atom. The van der Waals surface area contributed by atoms with Gasteiger partial charge in [0, 0.05) is 19.1 Å². The molecular weight excluding hydrogens is 220 g/mol. The van der Waals surface area contributed by atoms with Crippen LogP contribution in [0.1, 0.15) is 44.7 Å². The van der Waals surface area contributed by atoms with Gasteiger partial charge in [0.25, 0.3) is 0 Å². The Bertz CT molecular complexity index is 357. The van der Waals surface area contributed by atoms with Crippen molar-refractivity contribution in [3.8, 4) is 0 Å². The van der Waals surface area contributed by atoms with Gasteiger partial charge in [-0.2, -0.15) is 0 Å². The summed E-state index contributed by atoms with van der Waals surface area (Å²) in [5.41, 5.74) is 7.91. The first-order chi connectivity index (χ1) is 8.74. The number of nitrogens with two attached hydrogens (primary N) is 1. The maximum absolute atomic E-state index is 6.01. The Hall–Kier alpha value is -0.860. The molecular formula is C16H26N2. The van der Waals surface area contributed by atoms with Gasteiger partial charge in [-0.15, -0.1) is 0 Å². The minimum Gasteiger partial charge on any atom is -0.329 e. The summed E-state index contributed by atoms with van der Waals surface area (Å²) in [7, 11) is 0. The molecule has 2 N–H and O–H groups in total. The number of nitrogens with zero attached hydrogens (tertiary/aromatic N) is 1. The topological polar surface area (TPSA) is 29.3 Å². The van der Waals surface area contributed by atoms with Gasteiger partial charge in [0.15, 0.2) is 0 Å². The molecule has 0 aliphatic carbocycles. The first kappa shape index (κ1) is 13.6. The van der Waals surface area contributed by atoms with Crippen molar-refractivity contribution in [1.29, 1.82) is 0 Å². The van der Waals surface area contributed by atoms with Crippen molar-refractivity contribution in [2.24, 2.45) is 11.1 Å². The van der Waals surface area contributed by atoms with Gasteiger partial charge >= 0.3 is 0 Å². The lowest BCUT2D eigenvalue weighted by Gasteiger charge is -2.31. The molecule has 2 rings (SSSR count). The second kappa shape index (κ2) is 5.85. The zero-order valence-electron chi connectivity index (χ0n) is 11.7. The van der Waals surface area contributed by atoms with E-state index >= 15 is 0 Å². The molecule has 2 nitrogen and oxygen atoms in total. The van der Waals surface area contributed by atoms with Crippen LogP contribution in [0.3, 0.4) is 0 Å². The summed E-state index contributed by atoms with van der Waals surface area (Å²) in [6.45, 7) is 7.77. The zero-order valence-corrected chi connectivity index (χ0v) is 11.7. The lowest BCUT2D eigenvalue weighted by atomic mass is 9.82. The molecule has 1 saturated heterocycles. The van der Waals surface area contributed by atoms with Crippen LogP contribution in [0.5, 0.6) is 0 Å². The van der Waals surface area contributed by atoms with Crippen LogP contribution < -0.4 is 5.73 Å². The van der Waals surface area contributed by atoms with Crippen molar-refractivity contribution in [3.05, 3.63) is 35.9 Å². The van der Waals surface area contributed by atoms with Crippen LogP contribution in [0.25, 0.3) is 0 Å². The highest BCUT2D eigenvalue weighted by atomic mass is 15.2. The standard InChI is InChI=1S/C16H26N2/c1-3-16(4-2)10-11-18(13-16)15(12-17)14-8-6-5-7-9-14/h5-9,15H,3-4,10-13,17H2,1-2H3. The van der Waals surface area contributed by atoms with E-state index in [1.807, 2.05) is 0 Å². The molecule has 2 heteroatoms. The number of rotatable bonds is 5. The lowest BCUT2D eigenvalue weighted by molar-refractivity contribution is 0.197. The van der Waals surface area contributed by atoms with Crippen LogP contribution in [-0.4, -0.2) is 24.5 Å². The Balaban J connectivity index is 2.12. The normalized spacial score (nSPS) is 21.1. The van der Waals surface area contributed by atoms with Gasteiger partial charge in [-0.05, 0) is 36.8 Å². The van der Waals surface area contributed by atoms with Crippen LogP contribution in [-0.2, 0) is 0 Å². The van der Waals surface area contributed by atoms with Gasteiger partial charge in [0.1, 0.15) is 0 Å². The van der Waals surface area contributed by atoms with E-state index in [2.05, 4.69) is 49.1 Å². The molecule has 1 fully saturated rings. The highest BCUT2D eigenvalue weighted by Gasteiger charge is 2.37. The maximum atomic E-state index is 6.01. The fraction of sp³-hybridized carbons (Fsp3) is 0.625. The fourth-order valence-electron chi connectivity index (χ4n) is 3.23. The Morgan fingerprint density at radius 3 is 2.39 bits per heavy atom. The molecule has 1 heterocycles. The van der Waals surface area contributed by atoms with Crippen molar-refractivity contribution in [2.75, 3.05) is 19.6 Å². The van der Waals surface area contributed by atoms with Crippen LogP contribution in [0, 0.1) is 5.41 Å². The second-order valence-electron chi connectivity index (χ2n) is 5.59. The number of hydrogen-bond donors (Lipinski definition) is 1. The third kappa shape index (κ3) is 2.60. The molecule has 0 radical (unpaired) electrons. The van der Waals surface area contributed by atoms with E-state index in [1.54, 1.807) is 0 Å². The summed E-state index contributed by atoms with van der Waals surface area (Å²) in [4.78, 5) is 2.59. The average Bonchev–Trinajstić information content (AvgIpc) is 2.86. The monoisotopic (exact) mass is 246 g/mol. The SMILES string of the molecule is CCC1(CC)CCN(C(CN)c2ccccc2)C1. The predicted octanol–water partition coefficient (Wildman–Crippen LogP) is 3.20. The summed E-state index contributed by atoms with van der Waals surface area (Å²) in [6, 6.07) is 11.1. The van der Waals surface area contributed by atoms with Crippen LogP contribution >= 0.6 is 0 Å². The summed E-state index contributed by atoms with van der Waals surface area (Å²) in [5, 5.41) is 0. The van der Waals surface area contributed by atoms with E-state index in [4.69, 9.17) is 5.73 Å². The molecule has 0 bridgehead atoms. The van der Waals surface area contributed by atoms with E-state index in [0.717, 1.165) is 0 Å². The van der Waals surface area contributed by atoms with E-state index in [-0.39, 0.29) is 0 Å². The molecule has 1 aromatic carbocycles. The van der Waals surface area contributed by atoms with Crippen molar-refractivity contribution < 1.29 is 0 Å². The maximum Gasteiger partial charge on any atom is 0.0470 e. The molecule has 0 aromatic heterocycles. The number of hydrogen-bond acceptors (Lipinski definition) is 2. The summed E-state index contributed by atoms with van der Waals surface area (Å²) in [6.07, 6.45) is 3.89. The van der Waals surface area contributed by atoms with Crippen LogP contribution in [0.2, 0.25) is 0 Å². The van der Waals surface area contributed by atoms with Crippen molar-refractivity contribution in [1.82, 2.24) is 4.90 Å². The molecule has 18 heavy (non-hydrogen) atoms. The molecule has 1 unspecified atom stereocenters. The van der Waals surface area contributed by atoms with E-state index in [9.17, 15) is 0 Å². The molecule has 100 valence electrons. The van der Waals surface area contributed by atoms with Gasteiger partial charge in [0.2, 0.25) is 0 Å². The highest BCUT2D eigenvalue weighted by Crippen LogP contribution is 2.40. The summed E-state index contributed by atoms with van der Waals surface area (Å²) >= 11 is 0. The molecule has 0 spiro atoms. The second-order valence-corrected chi connectivity index (χ2v) is 5.59. The minimum atomic E-state index is 0.395. The van der Waals surface area contributed by atoms with Gasteiger partial charge < -0.3 is 5.73 Å². The van der Waals surface area contributed by atoms with E-state index in [0.29, 0.717) is 18.0 Å². The van der Waals surface area contributed by atoms with Gasteiger partial charge in [-0.1, -0.05) is 44.2 Å². The minimum absolute atomic E-state index is 0.395. The Labute approximate surface area is 111 Å². The quantitative estimate of drug-likeness (QED) is 0.864. The third-order valence-corrected chi connectivity index (χ3v) is 4.82. The first-order valence-corrected chi connectivity index (χ1v) is 7.23. The zero-order chi connectivity index (χ0) is 13.0. The highest BCUT2D eigenvalue weighted by molar-refractivity contribution is 5.20. The molecule has 1 aromatic rings. The molecule has 1 aliphatic rings. The van der Waals surface area contributed by atoms with E-state index in [1.165, 1.54) is 37.9 Å². The predicted molar refractivity (Wildman–Crippen MR) is 77.4 cm³/mol. The first-order valence-electron chi connectivity index (χ1n) is 7.23. The van der Waals surface area contributed by atoms with Crippen LogP contribution in [0.15, 0.2) is 30.3 Å². The number of benzene rings is 1. The fourth-order valence-corrected chi connectivity index (χ4v) is 3.23. The Kier molecular flexibility index (Phi) is 4.41. The van der Waals surface area contributed by atoms with Crippen LogP contribution in [0.4, 0.5) is 0 Å². The third-order valence-electron chi connectivity index (χ3n) is 4.82. The molecule has 0 saturated carbocycles. The molecule has 1 atom stereocenters. The van der Waals surface area contributed by atoms with Crippen molar-refractivity contribution in [2.45, 2.75) is 39.2 Å².